The quantitative estimate of drug-likeness (QED) is 0.460. The Labute approximate surface area is 218 Å². The number of thiazole rings is 1. The highest BCUT2D eigenvalue weighted by Gasteiger charge is 2.25. The number of urea groups is 1. The second kappa shape index (κ2) is 12.2. The average Bonchev–Trinajstić information content (AvgIpc) is 3.35. The van der Waals surface area contributed by atoms with Gasteiger partial charge in [-0.2, -0.15) is 0 Å². The van der Waals surface area contributed by atoms with E-state index in [9.17, 15) is 14.0 Å². The molecule has 1 aromatic heterocycles. The smallest absolute Gasteiger partial charge is 0.322 e. The third-order valence-corrected chi connectivity index (χ3v) is 6.85. The van der Waals surface area contributed by atoms with Crippen molar-refractivity contribution in [3.8, 4) is 0 Å². The van der Waals surface area contributed by atoms with E-state index < -0.39 is 0 Å². The van der Waals surface area contributed by atoms with E-state index in [1.54, 1.807) is 64.8 Å². The maximum atomic E-state index is 14.1. The summed E-state index contributed by atoms with van der Waals surface area (Å²) in [6.07, 6.45) is 0. The number of carbonyl (C=O) groups is 2. The summed E-state index contributed by atoms with van der Waals surface area (Å²) in [7, 11) is 1.57. The van der Waals surface area contributed by atoms with E-state index in [4.69, 9.17) is 16.3 Å². The number of benzene rings is 2. The molecule has 8 nitrogen and oxygen atoms in total. The third kappa shape index (κ3) is 6.51. The van der Waals surface area contributed by atoms with Crippen molar-refractivity contribution in [3.63, 3.8) is 0 Å². The van der Waals surface area contributed by atoms with Crippen molar-refractivity contribution in [1.82, 2.24) is 14.8 Å². The van der Waals surface area contributed by atoms with Gasteiger partial charge in [0.15, 0.2) is 0 Å². The van der Waals surface area contributed by atoms with Crippen LogP contribution in [0, 0.1) is 5.82 Å². The van der Waals surface area contributed by atoms with Gasteiger partial charge in [-0.1, -0.05) is 29.8 Å². The number of methoxy groups -OCH3 is 1. The number of nitrogens with zero attached hydrogens (tertiary/aromatic N) is 4. The maximum absolute atomic E-state index is 14.1. The zero-order chi connectivity index (χ0) is 25.5. The highest BCUT2D eigenvalue weighted by atomic mass is 35.5. The Bertz CT molecular complexity index is 1200. The second-order valence-corrected chi connectivity index (χ2v) is 9.59. The van der Waals surface area contributed by atoms with Crippen LogP contribution in [0.3, 0.4) is 0 Å². The molecule has 0 spiro atoms. The fourth-order valence-corrected chi connectivity index (χ4v) is 4.86. The van der Waals surface area contributed by atoms with Gasteiger partial charge in [0.25, 0.3) is 5.91 Å². The van der Waals surface area contributed by atoms with E-state index in [1.165, 1.54) is 17.4 Å². The molecule has 0 bridgehead atoms. The van der Waals surface area contributed by atoms with Crippen LogP contribution in [0.25, 0.3) is 0 Å². The number of anilines is 2. The third-order valence-electron chi connectivity index (χ3n) is 5.79. The van der Waals surface area contributed by atoms with Crippen LogP contribution in [0.2, 0.25) is 5.02 Å². The van der Waals surface area contributed by atoms with Crippen molar-refractivity contribution in [2.45, 2.75) is 6.54 Å². The Hall–Kier alpha value is -3.21. The van der Waals surface area contributed by atoms with Gasteiger partial charge in [-0.3, -0.25) is 4.79 Å². The molecular formula is C25H27ClFN5O3S. The lowest BCUT2D eigenvalue weighted by atomic mass is 10.2. The Morgan fingerprint density at radius 2 is 1.94 bits per heavy atom. The normalized spacial score (nSPS) is 13.5. The minimum absolute atomic E-state index is 0.169. The number of aromatic nitrogens is 1. The number of nitrogens with one attached hydrogen (secondary N) is 1. The first-order valence-corrected chi connectivity index (χ1v) is 12.7. The standard InChI is InChI=1S/C25H27ClFN5O3S/c1-35-14-13-32(25(34)28-19-6-4-5-18(26)15-19)16-23-29-21(17-36-23)24(33)31-11-9-30(10-12-31)22-8-3-2-7-20(22)27/h2-8,15,17H,9-14,16H2,1H3,(H,28,34). The van der Waals surface area contributed by atoms with Crippen LogP contribution in [-0.4, -0.2) is 73.2 Å². The van der Waals surface area contributed by atoms with Crippen LogP contribution in [0.4, 0.5) is 20.6 Å². The van der Waals surface area contributed by atoms with E-state index in [0.717, 1.165) is 0 Å². The van der Waals surface area contributed by atoms with Gasteiger partial charge in [0.2, 0.25) is 0 Å². The van der Waals surface area contributed by atoms with Crippen LogP contribution in [-0.2, 0) is 11.3 Å². The topological polar surface area (TPSA) is 78.0 Å². The molecule has 4 rings (SSSR count). The van der Waals surface area contributed by atoms with Crippen LogP contribution >= 0.6 is 22.9 Å². The molecule has 3 aromatic rings. The first kappa shape index (κ1) is 25.9. The molecule has 0 atom stereocenters. The monoisotopic (exact) mass is 531 g/mol. The van der Waals surface area contributed by atoms with E-state index in [2.05, 4.69) is 10.3 Å². The summed E-state index contributed by atoms with van der Waals surface area (Å²) in [6, 6.07) is 13.2. The van der Waals surface area contributed by atoms with Crippen molar-refractivity contribution < 1.29 is 18.7 Å². The zero-order valence-corrected chi connectivity index (χ0v) is 21.4. The molecule has 2 aromatic carbocycles. The molecule has 1 fully saturated rings. The van der Waals surface area contributed by atoms with Gasteiger partial charge in [-0.15, -0.1) is 11.3 Å². The molecule has 36 heavy (non-hydrogen) atoms. The average molecular weight is 532 g/mol. The van der Waals surface area contributed by atoms with Crippen molar-refractivity contribution in [2.75, 3.05) is 56.7 Å². The Balaban J connectivity index is 1.36. The van der Waals surface area contributed by atoms with Gasteiger partial charge in [-0.05, 0) is 30.3 Å². The second-order valence-electron chi connectivity index (χ2n) is 8.21. The predicted molar refractivity (Wildman–Crippen MR) is 139 cm³/mol. The van der Waals surface area contributed by atoms with E-state index in [-0.39, 0.29) is 24.3 Å². The largest absolute Gasteiger partial charge is 0.383 e. The number of hydrogen-bond donors (Lipinski definition) is 1. The van der Waals surface area contributed by atoms with E-state index in [1.807, 2.05) is 4.90 Å². The molecule has 190 valence electrons. The van der Waals surface area contributed by atoms with Gasteiger partial charge in [0.05, 0.1) is 18.8 Å². The number of hydrogen-bond acceptors (Lipinski definition) is 6. The number of rotatable bonds is 8. The SMILES string of the molecule is COCCN(Cc1nc(C(=O)N2CCN(c3ccccc3F)CC2)cs1)C(=O)Nc1cccc(Cl)c1. The lowest BCUT2D eigenvalue weighted by Gasteiger charge is -2.35. The summed E-state index contributed by atoms with van der Waals surface area (Å²) in [5, 5.41) is 5.71. The Kier molecular flexibility index (Phi) is 8.74. The first-order chi connectivity index (χ1) is 17.4. The fraction of sp³-hybridized carbons (Fsp3) is 0.320. The molecule has 1 saturated heterocycles. The molecule has 1 aliphatic rings. The van der Waals surface area contributed by atoms with Gasteiger partial charge in [0.1, 0.15) is 16.5 Å². The number of halogens is 2. The number of amides is 3. The molecule has 11 heteroatoms. The Morgan fingerprint density at radius 1 is 1.17 bits per heavy atom. The first-order valence-electron chi connectivity index (χ1n) is 11.5. The van der Waals surface area contributed by atoms with Gasteiger partial charge in [-0.25, -0.2) is 14.2 Å². The van der Waals surface area contributed by atoms with Crippen molar-refractivity contribution in [1.29, 1.82) is 0 Å². The van der Waals surface area contributed by atoms with Crippen molar-refractivity contribution in [2.24, 2.45) is 0 Å². The minimum atomic E-state index is -0.318. The van der Waals surface area contributed by atoms with Crippen molar-refractivity contribution >= 4 is 46.3 Å². The molecule has 0 saturated carbocycles. The summed E-state index contributed by atoms with van der Waals surface area (Å²) in [4.78, 5) is 35.7. The molecule has 0 aliphatic carbocycles. The molecule has 1 N–H and O–H groups in total. The van der Waals surface area contributed by atoms with Crippen LogP contribution < -0.4 is 10.2 Å². The number of ether oxygens (including phenoxy) is 1. The summed E-state index contributed by atoms with van der Waals surface area (Å²) >= 11 is 7.34. The minimum Gasteiger partial charge on any atom is -0.383 e. The molecule has 0 radical (unpaired) electrons. The van der Waals surface area contributed by atoms with E-state index in [0.29, 0.717) is 66.4 Å². The summed E-state index contributed by atoms with van der Waals surface area (Å²) in [6.45, 7) is 2.96. The highest BCUT2D eigenvalue weighted by Crippen LogP contribution is 2.22. The zero-order valence-electron chi connectivity index (χ0n) is 19.8. The van der Waals surface area contributed by atoms with Crippen LogP contribution in [0.1, 0.15) is 15.5 Å². The van der Waals surface area contributed by atoms with Crippen LogP contribution in [0.5, 0.6) is 0 Å². The van der Waals surface area contributed by atoms with Gasteiger partial charge in [0, 0.05) is 55.9 Å². The van der Waals surface area contributed by atoms with E-state index >= 15 is 0 Å². The summed E-state index contributed by atoms with van der Waals surface area (Å²) in [5.74, 6) is -0.434. The summed E-state index contributed by atoms with van der Waals surface area (Å²) < 4.78 is 19.3. The Morgan fingerprint density at radius 3 is 2.67 bits per heavy atom. The van der Waals surface area contributed by atoms with Gasteiger partial charge < -0.3 is 24.8 Å². The molecular weight excluding hydrogens is 505 g/mol. The van der Waals surface area contributed by atoms with Crippen molar-refractivity contribution in [3.05, 3.63) is 75.5 Å². The molecule has 0 unspecified atom stereocenters. The molecule has 1 aliphatic heterocycles. The predicted octanol–water partition coefficient (Wildman–Crippen LogP) is 4.58. The number of piperazine rings is 1. The molecule has 3 amide bonds. The lowest BCUT2D eigenvalue weighted by molar-refractivity contribution is 0.0741. The van der Waals surface area contributed by atoms with Crippen LogP contribution in [0.15, 0.2) is 53.9 Å². The maximum Gasteiger partial charge on any atom is 0.322 e. The number of para-hydroxylation sites is 1. The molecule has 2 heterocycles. The van der Waals surface area contributed by atoms with Gasteiger partial charge >= 0.3 is 6.03 Å². The summed E-state index contributed by atoms with van der Waals surface area (Å²) in [5.41, 5.74) is 1.48. The lowest BCUT2D eigenvalue weighted by Crippen LogP contribution is -2.49. The highest BCUT2D eigenvalue weighted by molar-refractivity contribution is 7.09. The fourth-order valence-electron chi connectivity index (χ4n) is 3.89. The number of carbonyl (C=O) groups excluding carboxylic acids is 2.